The number of nitrogens with one attached hydrogen (secondary N) is 4. The van der Waals surface area contributed by atoms with Gasteiger partial charge in [0.1, 0.15) is 17.5 Å². The lowest BCUT2D eigenvalue weighted by Gasteiger charge is -2.28. The van der Waals surface area contributed by atoms with Crippen molar-refractivity contribution in [2.24, 2.45) is 7.05 Å². The number of carbonyl (C=O) groups is 1. The lowest BCUT2D eigenvalue weighted by Crippen LogP contribution is -2.36. The monoisotopic (exact) mass is 544 g/mol. The number of benzene rings is 1. The molecule has 0 unspecified atom stereocenters. The number of anilines is 6. The van der Waals surface area contributed by atoms with Gasteiger partial charge in [0.05, 0.1) is 25.3 Å². The average Bonchev–Trinajstić information content (AvgIpc) is 3.50. The van der Waals surface area contributed by atoms with Crippen molar-refractivity contribution in [3.05, 3.63) is 59.4 Å². The van der Waals surface area contributed by atoms with Crippen LogP contribution < -0.4 is 20.9 Å². The molecule has 4 aromatic rings. The molecule has 12 heteroatoms. The molecule has 3 aromatic heterocycles. The standard InChI is InChI=1S/C28H36N10O2/c1-18-14-23(35-34-18)30-22-17-25(38-10-12-40-13-11-38)33-27(31-22)29-20-8-6-19(7-9-20)15-26(39)32-24-16-21(28(2,3)4)36-37(24)5/h6-9,14,16-17H,10-13,15H2,1-5H3,(H,32,39)(H3,29,30,31,33,34,35). The Hall–Kier alpha value is -4.45. The van der Waals surface area contributed by atoms with E-state index in [9.17, 15) is 4.79 Å². The van der Waals surface area contributed by atoms with E-state index in [2.05, 4.69) is 61.9 Å². The van der Waals surface area contributed by atoms with Crippen molar-refractivity contribution in [1.29, 1.82) is 0 Å². The zero-order valence-electron chi connectivity index (χ0n) is 23.6. The summed E-state index contributed by atoms with van der Waals surface area (Å²) in [6.45, 7) is 11.0. The number of hydrogen-bond acceptors (Lipinski definition) is 9. The molecule has 1 saturated heterocycles. The third-order valence-electron chi connectivity index (χ3n) is 6.50. The second-order valence-corrected chi connectivity index (χ2v) is 10.9. The van der Waals surface area contributed by atoms with Gasteiger partial charge in [0, 0.05) is 55.1 Å². The van der Waals surface area contributed by atoms with E-state index in [0.29, 0.717) is 36.6 Å². The number of carbonyl (C=O) groups excluding carboxylic acids is 1. The Labute approximate surface area is 233 Å². The van der Waals surface area contributed by atoms with Crippen molar-refractivity contribution < 1.29 is 9.53 Å². The Morgan fingerprint density at radius 1 is 1.02 bits per heavy atom. The zero-order valence-corrected chi connectivity index (χ0v) is 23.6. The molecule has 12 nitrogen and oxygen atoms in total. The number of aromatic amines is 1. The van der Waals surface area contributed by atoms with Crippen LogP contribution in [0.1, 0.15) is 37.7 Å². The lowest BCUT2D eigenvalue weighted by molar-refractivity contribution is -0.115. The molecule has 0 radical (unpaired) electrons. The van der Waals surface area contributed by atoms with Gasteiger partial charge in [0.25, 0.3) is 0 Å². The molecule has 1 aliphatic heterocycles. The van der Waals surface area contributed by atoms with Crippen LogP contribution in [-0.2, 0) is 28.4 Å². The molecular formula is C28H36N10O2. The fraction of sp³-hybridized carbons (Fsp3) is 0.393. The highest BCUT2D eigenvalue weighted by molar-refractivity contribution is 5.91. The van der Waals surface area contributed by atoms with E-state index in [-0.39, 0.29) is 17.7 Å². The van der Waals surface area contributed by atoms with Gasteiger partial charge in [-0.15, -0.1) is 0 Å². The second kappa shape index (κ2) is 11.3. The Morgan fingerprint density at radius 2 is 1.77 bits per heavy atom. The minimum absolute atomic E-state index is 0.0935. The normalized spacial score (nSPS) is 13.8. The Morgan fingerprint density at radius 3 is 2.42 bits per heavy atom. The molecule has 5 rings (SSSR count). The van der Waals surface area contributed by atoms with Crippen LogP contribution in [0.4, 0.5) is 34.9 Å². The number of nitrogens with zero attached hydrogens (tertiary/aromatic N) is 6. The molecule has 0 atom stereocenters. The summed E-state index contributed by atoms with van der Waals surface area (Å²) < 4.78 is 7.21. The number of aryl methyl sites for hydroxylation is 2. The molecule has 0 saturated carbocycles. The van der Waals surface area contributed by atoms with Gasteiger partial charge >= 0.3 is 0 Å². The van der Waals surface area contributed by atoms with E-state index in [0.717, 1.165) is 41.5 Å². The summed E-state index contributed by atoms with van der Waals surface area (Å²) in [5.74, 6) is 3.14. The lowest BCUT2D eigenvalue weighted by atomic mass is 9.92. The van der Waals surface area contributed by atoms with Crippen molar-refractivity contribution in [1.82, 2.24) is 29.9 Å². The fourth-order valence-electron chi connectivity index (χ4n) is 4.28. The van der Waals surface area contributed by atoms with Crippen LogP contribution in [0.25, 0.3) is 0 Å². The summed E-state index contributed by atoms with van der Waals surface area (Å²) in [4.78, 5) is 24.3. The zero-order chi connectivity index (χ0) is 28.3. The molecule has 210 valence electrons. The van der Waals surface area contributed by atoms with Gasteiger partial charge in [-0.1, -0.05) is 32.9 Å². The van der Waals surface area contributed by atoms with E-state index in [1.54, 1.807) is 4.68 Å². The first-order valence-electron chi connectivity index (χ1n) is 13.3. The van der Waals surface area contributed by atoms with Crippen LogP contribution in [0, 0.1) is 6.92 Å². The van der Waals surface area contributed by atoms with Crippen molar-refractivity contribution in [3.8, 4) is 0 Å². The van der Waals surface area contributed by atoms with Crippen molar-refractivity contribution in [2.45, 2.75) is 39.5 Å². The number of ether oxygens (including phenoxy) is 1. The summed E-state index contributed by atoms with van der Waals surface area (Å²) in [7, 11) is 1.83. The summed E-state index contributed by atoms with van der Waals surface area (Å²) >= 11 is 0. The number of rotatable bonds is 8. The molecule has 40 heavy (non-hydrogen) atoms. The molecule has 4 N–H and O–H groups in total. The largest absolute Gasteiger partial charge is 0.378 e. The third kappa shape index (κ3) is 6.75. The first-order valence-corrected chi connectivity index (χ1v) is 13.3. The third-order valence-corrected chi connectivity index (χ3v) is 6.50. The second-order valence-electron chi connectivity index (χ2n) is 10.9. The smallest absolute Gasteiger partial charge is 0.231 e. The highest BCUT2D eigenvalue weighted by Crippen LogP contribution is 2.25. The summed E-state index contributed by atoms with van der Waals surface area (Å²) in [6.07, 6.45) is 0.247. The van der Waals surface area contributed by atoms with Crippen molar-refractivity contribution in [3.63, 3.8) is 0 Å². The van der Waals surface area contributed by atoms with Gasteiger partial charge in [0.2, 0.25) is 11.9 Å². The van der Waals surface area contributed by atoms with Crippen molar-refractivity contribution in [2.75, 3.05) is 47.2 Å². The van der Waals surface area contributed by atoms with Crippen LogP contribution >= 0.6 is 0 Å². The maximum absolute atomic E-state index is 12.7. The molecular weight excluding hydrogens is 508 g/mol. The molecule has 1 fully saturated rings. The van der Waals surface area contributed by atoms with E-state index in [1.165, 1.54) is 0 Å². The molecule has 0 spiro atoms. The quantitative estimate of drug-likeness (QED) is 0.259. The molecule has 1 amide bonds. The minimum atomic E-state index is -0.102. The highest BCUT2D eigenvalue weighted by Gasteiger charge is 2.20. The van der Waals surface area contributed by atoms with Gasteiger partial charge in [-0.05, 0) is 24.6 Å². The Balaban J connectivity index is 1.27. The first-order chi connectivity index (χ1) is 19.1. The molecule has 0 bridgehead atoms. The Kier molecular flexibility index (Phi) is 7.69. The van der Waals surface area contributed by atoms with Crippen LogP contribution in [-0.4, -0.2) is 62.2 Å². The average molecular weight is 545 g/mol. The van der Waals surface area contributed by atoms with Gasteiger partial charge < -0.3 is 25.6 Å². The predicted molar refractivity (Wildman–Crippen MR) is 156 cm³/mol. The number of hydrogen-bond donors (Lipinski definition) is 4. The fourth-order valence-corrected chi connectivity index (χ4v) is 4.28. The minimum Gasteiger partial charge on any atom is -0.378 e. The topological polar surface area (TPSA) is 138 Å². The van der Waals surface area contributed by atoms with E-state index in [4.69, 9.17) is 9.72 Å². The number of aromatic nitrogens is 6. The first kappa shape index (κ1) is 27.1. The number of H-pyrrole nitrogens is 1. The van der Waals surface area contributed by atoms with Crippen LogP contribution in [0.15, 0.2) is 42.5 Å². The predicted octanol–water partition coefficient (Wildman–Crippen LogP) is 4.04. The van der Waals surface area contributed by atoms with E-state index >= 15 is 0 Å². The van der Waals surface area contributed by atoms with E-state index in [1.807, 2.05) is 56.4 Å². The van der Waals surface area contributed by atoms with Gasteiger partial charge in [0.15, 0.2) is 5.82 Å². The van der Waals surface area contributed by atoms with E-state index < -0.39 is 0 Å². The van der Waals surface area contributed by atoms with Gasteiger partial charge in [-0.25, -0.2) is 0 Å². The molecule has 4 heterocycles. The maximum atomic E-state index is 12.7. The van der Waals surface area contributed by atoms with Crippen LogP contribution in [0.5, 0.6) is 0 Å². The summed E-state index contributed by atoms with van der Waals surface area (Å²) in [5, 5.41) is 21.2. The molecule has 1 aliphatic rings. The Bertz CT molecular complexity index is 1460. The van der Waals surface area contributed by atoms with Crippen LogP contribution in [0.3, 0.4) is 0 Å². The van der Waals surface area contributed by atoms with Gasteiger partial charge in [-0.2, -0.15) is 20.2 Å². The molecule has 0 aliphatic carbocycles. The number of morpholine rings is 1. The summed E-state index contributed by atoms with van der Waals surface area (Å²) in [6, 6.07) is 13.4. The van der Waals surface area contributed by atoms with Crippen LogP contribution in [0.2, 0.25) is 0 Å². The van der Waals surface area contributed by atoms with Crippen molar-refractivity contribution >= 4 is 40.8 Å². The van der Waals surface area contributed by atoms with Gasteiger partial charge in [-0.3, -0.25) is 14.6 Å². The summed E-state index contributed by atoms with van der Waals surface area (Å²) in [5.41, 5.74) is 3.49. The highest BCUT2D eigenvalue weighted by atomic mass is 16.5. The maximum Gasteiger partial charge on any atom is 0.231 e. The SMILES string of the molecule is Cc1cc(Nc2cc(N3CCOCC3)nc(Nc3ccc(CC(=O)Nc4cc(C(C)(C)C)nn4C)cc3)n2)n[nH]1. The molecule has 1 aromatic carbocycles. The number of amides is 1.